The van der Waals surface area contributed by atoms with E-state index in [0.717, 1.165) is 16.8 Å². The molecule has 0 saturated carbocycles. The molecule has 23 heavy (non-hydrogen) atoms. The SMILES string of the molecule is CN(C)C(=O)c1nnn(Cc2ccccc2)c1-c1ccccc1. The van der Waals surface area contributed by atoms with E-state index in [4.69, 9.17) is 0 Å². The van der Waals surface area contributed by atoms with Crippen molar-refractivity contribution in [3.8, 4) is 11.3 Å². The van der Waals surface area contributed by atoms with Crippen LogP contribution in [0.2, 0.25) is 0 Å². The van der Waals surface area contributed by atoms with Crippen LogP contribution in [-0.2, 0) is 6.54 Å². The predicted molar refractivity (Wildman–Crippen MR) is 89.0 cm³/mol. The molecule has 0 fully saturated rings. The van der Waals surface area contributed by atoms with Crippen molar-refractivity contribution in [3.63, 3.8) is 0 Å². The maximum Gasteiger partial charge on any atom is 0.276 e. The number of benzene rings is 2. The van der Waals surface area contributed by atoms with Crippen molar-refractivity contribution in [2.45, 2.75) is 6.54 Å². The van der Waals surface area contributed by atoms with Crippen LogP contribution in [0.15, 0.2) is 60.7 Å². The van der Waals surface area contributed by atoms with Gasteiger partial charge in [0.1, 0.15) is 5.69 Å². The van der Waals surface area contributed by atoms with Gasteiger partial charge in [0, 0.05) is 19.7 Å². The van der Waals surface area contributed by atoms with Crippen molar-refractivity contribution in [1.29, 1.82) is 0 Å². The maximum atomic E-state index is 12.4. The molecule has 0 saturated heterocycles. The van der Waals surface area contributed by atoms with Crippen LogP contribution in [0.4, 0.5) is 0 Å². The second kappa shape index (κ2) is 6.44. The summed E-state index contributed by atoms with van der Waals surface area (Å²) in [6.45, 7) is 0.568. The van der Waals surface area contributed by atoms with Gasteiger partial charge < -0.3 is 4.90 Å². The number of nitrogens with zero attached hydrogens (tertiary/aromatic N) is 4. The maximum absolute atomic E-state index is 12.4. The number of hydrogen-bond acceptors (Lipinski definition) is 3. The molecule has 0 aliphatic heterocycles. The van der Waals surface area contributed by atoms with Gasteiger partial charge in [0.25, 0.3) is 5.91 Å². The van der Waals surface area contributed by atoms with E-state index in [1.165, 1.54) is 4.90 Å². The van der Waals surface area contributed by atoms with Gasteiger partial charge >= 0.3 is 0 Å². The smallest absolute Gasteiger partial charge is 0.276 e. The van der Waals surface area contributed by atoms with E-state index in [9.17, 15) is 4.79 Å². The number of rotatable bonds is 4. The quantitative estimate of drug-likeness (QED) is 0.744. The molecule has 1 amide bonds. The van der Waals surface area contributed by atoms with Crippen molar-refractivity contribution in [2.24, 2.45) is 0 Å². The van der Waals surface area contributed by atoms with Gasteiger partial charge in [-0.2, -0.15) is 0 Å². The largest absolute Gasteiger partial charge is 0.343 e. The number of hydrogen-bond donors (Lipinski definition) is 0. The Hall–Kier alpha value is -2.95. The Morgan fingerprint density at radius 1 is 1.00 bits per heavy atom. The van der Waals surface area contributed by atoms with E-state index in [1.54, 1.807) is 18.8 Å². The van der Waals surface area contributed by atoms with Crippen LogP contribution in [0.1, 0.15) is 16.1 Å². The summed E-state index contributed by atoms with van der Waals surface area (Å²) in [5.41, 5.74) is 3.15. The summed E-state index contributed by atoms with van der Waals surface area (Å²) >= 11 is 0. The number of amides is 1. The van der Waals surface area contributed by atoms with E-state index in [0.29, 0.717) is 12.2 Å². The Kier molecular flexibility index (Phi) is 4.19. The molecule has 0 spiro atoms. The fraction of sp³-hybridized carbons (Fsp3) is 0.167. The van der Waals surface area contributed by atoms with Crippen molar-refractivity contribution in [2.75, 3.05) is 14.1 Å². The third kappa shape index (κ3) is 3.13. The minimum atomic E-state index is -0.150. The van der Waals surface area contributed by atoms with Gasteiger partial charge in [-0.3, -0.25) is 4.79 Å². The Labute approximate surface area is 135 Å². The summed E-state index contributed by atoms with van der Waals surface area (Å²) in [7, 11) is 3.43. The summed E-state index contributed by atoms with van der Waals surface area (Å²) in [6, 6.07) is 19.8. The highest BCUT2D eigenvalue weighted by Crippen LogP contribution is 2.23. The molecule has 3 aromatic rings. The van der Waals surface area contributed by atoms with Crippen molar-refractivity contribution >= 4 is 5.91 Å². The molecule has 0 atom stereocenters. The summed E-state index contributed by atoms with van der Waals surface area (Å²) in [5.74, 6) is -0.150. The number of carbonyl (C=O) groups excluding carboxylic acids is 1. The van der Waals surface area contributed by atoms with E-state index < -0.39 is 0 Å². The highest BCUT2D eigenvalue weighted by Gasteiger charge is 2.22. The molecule has 0 unspecified atom stereocenters. The first kappa shape index (κ1) is 15.0. The fourth-order valence-corrected chi connectivity index (χ4v) is 2.42. The van der Waals surface area contributed by atoms with Crippen LogP contribution < -0.4 is 0 Å². The molecule has 0 N–H and O–H groups in total. The normalized spacial score (nSPS) is 10.5. The predicted octanol–water partition coefficient (Wildman–Crippen LogP) is 2.70. The van der Waals surface area contributed by atoms with Crippen molar-refractivity contribution in [1.82, 2.24) is 19.9 Å². The summed E-state index contributed by atoms with van der Waals surface area (Å²) in [5, 5.41) is 8.34. The average Bonchev–Trinajstić information content (AvgIpc) is 2.99. The van der Waals surface area contributed by atoms with Gasteiger partial charge in [0.05, 0.1) is 6.54 Å². The zero-order valence-corrected chi connectivity index (χ0v) is 13.2. The van der Waals surface area contributed by atoms with Gasteiger partial charge in [-0.1, -0.05) is 65.9 Å². The van der Waals surface area contributed by atoms with Gasteiger partial charge in [-0.25, -0.2) is 4.68 Å². The second-order valence-electron chi connectivity index (χ2n) is 5.50. The van der Waals surface area contributed by atoms with E-state index in [-0.39, 0.29) is 5.91 Å². The average molecular weight is 306 g/mol. The standard InChI is InChI=1S/C18H18N4O/c1-21(2)18(23)16-17(15-11-7-4-8-12-15)22(20-19-16)13-14-9-5-3-6-10-14/h3-12H,13H2,1-2H3. The molecule has 0 bridgehead atoms. The molecule has 0 radical (unpaired) electrons. The van der Waals surface area contributed by atoms with E-state index in [2.05, 4.69) is 10.3 Å². The molecule has 1 heterocycles. The zero-order chi connectivity index (χ0) is 16.2. The molecule has 5 heteroatoms. The Morgan fingerprint density at radius 3 is 2.22 bits per heavy atom. The fourth-order valence-electron chi connectivity index (χ4n) is 2.42. The topological polar surface area (TPSA) is 51.0 Å². The van der Waals surface area contributed by atoms with Crippen LogP contribution in [-0.4, -0.2) is 39.9 Å². The number of carbonyl (C=O) groups is 1. The highest BCUT2D eigenvalue weighted by atomic mass is 16.2. The van der Waals surface area contributed by atoms with E-state index in [1.807, 2.05) is 60.7 Å². The van der Waals surface area contributed by atoms with Gasteiger partial charge in [0.15, 0.2) is 5.69 Å². The minimum Gasteiger partial charge on any atom is -0.343 e. The van der Waals surface area contributed by atoms with Crippen molar-refractivity contribution in [3.05, 3.63) is 71.9 Å². The van der Waals surface area contributed by atoms with Gasteiger partial charge in [-0.15, -0.1) is 5.10 Å². The first-order chi connectivity index (χ1) is 11.2. The lowest BCUT2D eigenvalue weighted by Gasteiger charge is -2.11. The molecule has 2 aromatic carbocycles. The highest BCUT2D eigenvalue weighted by molar-refractivity contribution is 5.97. The molecule has 116 valence electrons. The first-order valence-corrected chi connectivity index (χ1v) is 7.41. The van der Waals surface area contributed by atoms with Crippen LogP contribution in [0, 0.1) is 0 Å². The first-order valence-electron chi connectivity index (χ1n) is 7.41. The van der Waals surface area contributed by atoms with Gasteiger partial charge in [0.2, 0.25) is 0 Å². The molecule has 0 aliphatic rings. The third-order valence-corrected chi connectivity index (χ3v) is 3.57. The molecular formula is C18H18N4O. The lowest BCUT2D eigenvalue weighted by atomic mass is 10.1. The Balaban J connectivity index is 2.08. The molecule has 1 aromatic heterocycles. The van der Waals surface area contributed by atoms with Crippen LogP contribution in [0.25, 0.3) is 11.3 Å². The lowest BCUT2D eigenvalue weighted by Crippen LogP contribution is -2.23. The number of aromatic nitrogens is 3. The van der Waals surface area contributed by atoms with Crippen LogP contribution in [0.3, 0.4) is 0 Å². The molecular weight excluding hydrogens is 288 g/mol. The monoisotopic (exact) mass is 306 g/mol. The zero-order valence-electron chi connectivity index (χ0n) is 13.2. The molecule has 0 aliphatic carbocycles. The Bertz CT molecular complexity index is 794. The Morgan fingerprint density at radius 2 is 1.61 bits per heavy atom. The summed E-state index contributed by atoms with van der Waals surface area (Å²) < 4.78 is 1.78. The lowest BCUT2D eigenvalue weighted by molar-refractivity contribution is 0.0822. The minimum absolute atomic E-state index is 0.150. The van der Waals surface area contributed by atoms with Crippen molar-refractivity contribution < 1.29 is 4.79 Å². The van der Waals surface area contributed by atoms with Gasteiger partial charge in [-0.05, 0) is 5.56 Å². The second-order valence-corrected chi connectivity index (χ2v) is 5.50. The molecule has 5 nitrogen and oxygen atoms in total. The summed E-state index contributed by atoms with van der Waals surface area (Å²) in [6.07, 6.45) is 0. The van der Waals surface area contributed by atoms with Crippen LogP contribution >= 0.6 is 0 Å². The summed E-state index contributed by atoms with van der Waals surface area (Å²) in [4.78, 5) is 13.9. The molecule has 3 rings (SSSR count). The van der Waals surface area contributed by atoms with E-state index >= 15 is 0 Å². The third-order valence-electron chi connectivity index (χ3n) is 3.57. The van der Waals surface area contributed by atoms with Crippen LogP contribution in [0.5, 0.6) is 0 Å².